The molecule has 0 unspecified atom stereocenters. The molecule has 0 aliphatic heterocycles. The van der Waals surface area contributed by atoms with Gasteiger partial charge in [0.15, 0.2) is 0 Å². The number of hydrogen-bond acceptors (Lipinski definition) is 5. The molecule has 2 aromatic heterocycles. The summed E-state index contributed by atoms with van der Waals surface area (Å²) in [7, 11) is 0. The molecule has 22 heavy (non-hydrogen) atoms. The fourth-order valence-electron chi connectivity index (χ4n) is 1.93. The van der Waals surface area contributed by atoms with Crippen molar-refractivity contribution in [1.29, 1.82) is 0 Å². The second-order valence-corrected chi connectivity index (χ2v) is 6.36. The van der Waals surface area contributed by atoms with Gasteiger partial charge >= 0.3 is 0 Å². The number of nitrogens with zero attached hydrogens (tertiary/aromatic N) is 2. The van der Waals surface area contributed by atoms with Crippen molar-refractivity contribution < 1.29 is 9.21 Å². The summed E-state index contributed by atoms with van der Waals surface area (Å²) in [5, 5.41) is 11.2. The van der Waals surface area contributed by atoms with Gasteiger partial charge in [-0.15, -0.1) is 21.5 Å². The van der Waals surface area contributed by atoms with Gasteiger partial charge in [-0.2, -0.15) is 0 Å². The molecule has 1 aromatic carbocycles. The van der Waals surface area contributed by atoms with Crippen molar-refractivity contribution in [3.05, 3.63) is 51.7 Å². The molecule has 0 atom stereocenters. The number of hydrogen-bond donors (Lipinski definition) is 1. The number of halogens is 1. The minimum atomic E-state index is -0.211. The molecule has 0 aliphatic rings. The van der Waals surface area contributed by atoms with Crippen LogP contribution in [0.2, 0.25) is 5.02 Å². The molecule has 1 amide bonds. The lowest BCUT2D eigenvalue weighted by Crippen LogP contribution is -2.11. The van der Waals surface area contributed by atoms with Crippen molar-refractivity contribution in [1.82, 2.24) is 10.2 Å². The summed E-state index contributed by atoms with van der Waals surface area (Å²) in [6, 6.07) is 8.63. The van der Waals surface area contributed by atoms with Gasteiger partial charge in [-0.1, -0.05) is 17.7 Å². The van der Waals surface area contributed by atoms with Crippen molar-refractivity contribution in [3.63, 3.8) is 0 Å². The van der Waals surface area contributed by atoms with Crippen LogP contribution in [0.15, 0.2) is 34.7 Å². The van der Waals surface area contributed by atoms with Crippen LogP contribution >= 0.6 is 22.9 Å². The molecule has 5 nitrogen and oxygen atoms in total. The molecule has 0 spiro atoms. The first kappa shape index (κ1) is 14.7. The number of benzene rings is 1. The maximum Gasteiger partial charge on any atom is 0.257 e. The highest BCUT2D eigenvalue weighted by Gasteiger charge is 2.15. The molecule has 0 aliphatic carbocycles. The molecule has 3 aromatic rings. The van der Waals surface area contributed by atoms with Crippen molar-refractivity contribution in [2.45, 2.75) is 13.8 Å². The fraction of sp³-hybridized carbons (Fsp3) is 0.133. The average molecular weight is 334 g/mol. The third kappa shape index (κ3) is 3.03. The van der Waals surface area contributed by atoms with E-state index in [2.05, 4.69) is 15.5 Å². The summed E-state index contributed by atoms with van der Waals surface area (Å²) in [6.07, 6.45) is 0. The van der Waals surface area contributed by atoms with Gasteiger partial charge in [0.2, 0.25) is 5.89 Å². The molecule has 112 valence electrons. The van der Waals surface area contributed by atoms with Gasteiger partial charge in [0, 0.05) is 22.4 Å². The Kier molecular flexibility index (Phi) is 3.96. The molecule has 0 fully saturated rings. The van der Waals surface area contributed by atoms with Crippen molar-refractivity contribution in [2.24, 2.45) is 0 Å². The lowest BCUT2D eigenvalue weighted by Gasteiger charge is -2.04. The maximum absolute atomic E-state index is 12.3. The molecule has 1 N–H and O–H groups in total. The number of nitrogens with one attached hydrogen (secondary N) is 1. The van der Waals surface area contributed by atoms with E-state index < -0.39 is 0 Å². The zero-order valence-corrected chi connectivity index (χ0v) is 13.5. The molecule has 3 rings (SSSR count). The van der Waals surface area contributed by atoms with Crippen molar-refractivity contribution in [3.8, 4) is 10.8 Å². The van der Waals surface area contributed by atoms with Gasteiger partial charge < -0.3 is 9.73 Å². The first-order chi connectivity index (χ1) is 10.5. The number of amides is 1. The Morgan fingerprint density at radius 1 is 1.27 bits per heavy atom. The number of thiophene rings is 1. The van der Waals surface area contributed by atoms with Crippen LogP contribution in [0.5, 0.6) is 0 Å². The zero-order valence-electron chi connectivity index (χ0n) is 11.9. The normalized spacial score (nSPS) is 10.7. The molecular weight excluding hydrogens is 322 g/mol. The van der Waals surface area contributed by atoms with Crippen molar-refractivity contribution >= 4 is 34.5 Å². The molecule has 2 heterocycles. The molecule has 0 saturated heterocycles. The minimum absolute atomic E-state index is 0.211. The Bertz CT molecular complexity index is 841. The standard InChI is InChI=1S/C15H12ClN3O2S/c1-8-12(7-13(22-8)15-19-18-9(2)21-15)17-14(20)10-4-3-5-11(16)6-10/h3-7H,1-2H3,(H,17,20). The summed E-state index contributed by atoms with van der Waals surface area (Å²) in [5.41, 5.74) is 1.23. The van der Waals surface area contributed by atoms with E-state index in [1.54, 1.807) is 31.2 Å². The fourth-order valence-corrected chi connectivity index (χ4v) is 3.02. The Morgan fingerprint density at radius 3 is 2.77 bits per heavy atom. The van der Waals surface area contributed by atoms with Crippen LogP contribution in [0.1, 0.15) is 21.1 Å². The third-order valence-corrected chi connectivity index (χ3v) is 4.26. The van der Waals surface area contributed by atoms with E-state index in [-0.39, 0.29) is 5.91 Å². The minimum Gasteiger partial charge on any atom is -0.420 e. The van der Waals surface area contributed by atoms with Gasteiger partial charge in [0.1, 0.15) is 0 Å². The molecule has 0 saturated carbocycles. The topological polar surface area (TPSA) is 68.0 Å². The van der Waals surface area contributed by atoms with Crippen LogP contribution in [0.3, 0.4) is 0 Å². The second kappa shape index (κ2) is 5.90. The van der Waals surface area contributed by atoms with E-state index in [4.69, 9.17) is 16.0 Å². The highest BCUT2D eigenvalue weighted by Crippen LogP contribution is 2.33. The van der Waals surface area contributed by atoms with Crippen LogP contribution in [0.4, 0.5) is 5.69 Å². The highest BCUT2D eigenvalue weighted by molar-refractivity contribution is 7.15. The second-order valence-electron chi connectivity index (χ2n) is 4.67. The van der Waals surface area contributed by atoms with Crippen molar-refractivity contribution in [2.75, 3.05) is 5.32 Å². The van der Waals surface area contributed by atoms with Crippen LogP contribution in [-0.2, 0) is 0 Å². The summed E-state index contributed by atoms with van der Waals surface area (Å²) >= 11 is 7.39. The van der Waals surface area contributed by atoms with Crippen LogP contribution in [0.25, 0.3) is 10.8 Å². The predicted molar refractivity (Wildman–Crippen MR) is 86.5 cm³/mol. The first-order valence-electron chi connectivity index (χ1n) is 6.51. The first-order valence-corrected chi connectivity index (χ1v) is 7.70. The zero-order chi connectivity index (χ0) is 15.7. The van der Waals surface area contributed by atoms with Gasteiger partial charge in [-0.05, 0) is 31.2 Å². The monoisotopic (exact) mass is 333 g/mol. The Hall–Kier alpha value is -2.18. The lowest BCUT2D eigenvalue weighted by atomic mass is 10.2. The Labute approximate surface area is 135 Å². The van der Waals surface area contributed by atoms with E-state index in [1.807, 2.05) is 13.0 Å². The van der Waals surface area contributed by atoms with E-state index in [1.165, 1.54) is 11.3 Å². The largest absolute Gasteiger partial charge is 0.420 e. The van der Waals surface area contributed by atoms with E-state index in [0.29, 0.717) is 22.4 Å². The highest BCUT2D eigenvalue weighted by atomic mass is 35.5. The number of carbonyl (C=O) groups excluding carboxylic acids is 1. The summed E-state index contributed by atoms with van der Waals surface area (Å²) in [6.45, 7) is 3.66. The Morgan fingerprint density at radius 2 is 2.09 bits per heavy atom. The average Bonchev–Trinajstić information content (AvgIpc) is 3.06. The SMILES string of the molecule is Cc1nnc(-c2cc(NC(=O)c3cccc(Cl)c3)c(C)s2)o1. The molecule has 0 bridgehead atoms. The van der Waals surface area contributed by atoms with Crippen LogP contribution < -0.4 is 5.32 Å². The van der Waals surface area contributed by atoms with E-state index >= 15 is 0 Å². The van der Waals surface area contributed by atoms with Gasteiger partial charge in [-0.3, -0.25) is 4.79 Å². The molecule has 0 radical (unpaired) electrons. The number of aromatic nitrogens is 2. The number of carbonyl (C=O) groups is 1. The Balaban J connectivity index is 1.84. The number of aryl methyl sites for hydroxylation is 2. The number of anilines is 1. The van der Waals surface area contributed by atoms with Gasteiger partial charge in [0.25, 0.3) is 11.8 Å². The third-order valence-electron chi connectivity index (χ3n) is 2.99. The predicted octanol–water partition coefficient (Wildman–Crippen LogP) is 4.32. The quantitative estimate of drug-likeness (QED) is 0.775. The smallest absolute Gasteiger partial charge is 0.257 e. The summed E-state index contributed by atoms with van der Waals surface area (Å²) in [4.78, 5) is 14.0. The lowest BCUT2D eigenvalue weighted by molar-refractivity contribution is 0.102. The number of rotatable bonds is 3. The summed E-state index contributed by atoms with van der Waals surface area (Å²) in [5.74, 6) is 0.746. The van der Waals surface area contributed by atoms with Gasteiger partial charge in [0.05, 0.1) is 10.6 Å². The molecule has 7 heteroatoms. The summed E-state index contributed by atoms with van der Waals surface area (Å²) < 4.78 is 5.40. The van der Waals surface area contributed by atoms with E-state index in [0.717, 1.165) is 15.4 Å². The van der Waals surface area contributed by atoms with E-state index in [9.17, 15) is 4.79 Å². The molecular formula is C15H12ClN3O2S. The maximum atomic E-state index is 12.3. The van der Waals surface area contributed by atoms with Gasteiger partial charge in [-0.25, -0.2) is 0 Å². The van der Waals surface area contributed by atoms with Crippen LogP contribution in [-0.4, -0.2) is 16.1 Å². The van der Waals surface area contributed by atoms with Crippen LogP contribution in [0, 0.1) is 13.8 Å².